The summed E-state index contributed by atoms with van der Waals surface area (Å²) in [5, 5.41) is 3.42. The Kier molecular flexibility index (Phi) is 8.33. The number of nitrogens with one attached hydrogen (secondary N) is 1. The minimum Gasteiger partial charge on any atom is -0.361 e. The van der Waals surface area contributed by atoms with Crippen LogP contribution in [0.5, 0.6) is 0 Å². The fraction of sp³-hybridized carbons (Fsp3) is 0.481. The van der Waals surface area contributed by atoms with Gasteiger partial charge < -0.3 is 20.0 Å². The topological polar surface area (TPSA) is 55.9 Å². The Bertz CT molecular complexity index is 1130. The van der Waals surface area contributed by atoms with Crippen LogP contribution in [0, 0.1) is 0 Å². The molecule has 6 nitrogen and oxygen atoms in total. The van der Waals surface area contributed by atoms with Crippen LogP contribution in [-0.2, 0) is 15.8 Å². The van der Waals surface area contributed by atoms with E-state index in [2.05, 4.69) is 5.32 Å². The van der Waals surface area contributed by atoms with Crippen LogP contribution in [0.1, 0.15) is 41.4 Å². The summed E-state index contributed by atoms with van der Waals surface area (Å²) in [4.78, 5) is 31.7. The average Bonchev–Trinajstić information content (AvgIpc) is 3.20. The minimum atomic E-state index is -4.40. The number of carbonyl (C=O) groups is 2. The van der Waals surface area contributed by atoms with Crippen LogP contribution in [0.4, 0.5) is 18.9 Å². The number of hydrogen-bond acceptors (Lipinski definition) is 4. The van der Waals surface area contributed by atoms with E-state index in [1.165, 1.54) is 6.07 Å². The number of nitrogens with zero attached hydrogens (tertiary/aromatic N) is 3. The van der Waals surface area contributed by atoms with Gasteiger partial charge in [0.05, 0.1) is 18.0 Å². The van der Waals surface area contributed by atoms with Gasteiger partial charge in [-0.1, -0.05) is 35.9 Å². The number of amides is 2. The van der Waals surface area contributed by atoms with Crippen molar-refractivity contribution in [3.8, 4) is 0 Å². The van der Waals surface area contributed by atoms with Crippen molar-refractivity contribution in [1.29, 1.82) is 0 Å². The van der Waals surface area contributed by atoms with Gasteiger partial charge >= 0.3 is 6.18 Å². The molecule has 0 spiro atoms. The first-order valence-electron chi connectivity index (χ1n) is 12.5. The number of alkyl halides is 3. The third kappa shape index (κ3) is 6.38. The smallest absolute Gasteiger partial charge is 0.361 e. The van der Waals surface area contributed by atoms with E-state index >= 15 is 0 Å². The molecule has 2 aromatic carbocycles. The van der Waals surface area contributed by atoms with Gasteiger partial charge in [-0.15, -0.1) is 0 Å². The Balaban J connectivity index is 1.43. The first kappa shape index (κ1) is 27.3. The molecule has 37 heavy (non-hydrogen) atoms. The highest BCUT2D eigenvalue weighted by Crippen LogP contribution is 2.41. The van der Waals surface area contributed by atoms with E-state index in [0.717, 1.165) is 23.9 Å². The lowest BCUT2D eigenvalue weighted by Gasteiger charge is -2.34. The molecule has 2 aromatic rings. The molecule has 200 valence electrons. The van der Waals surface area contributed by atoms with Gasteiger partial charge in [-0.25, -0.2) is 0 Å². The number of rotatable bonds is 7. The second-order valence-corrected chi connectivity index (χ2v) is 10.4. The number of halogens is 4. The largest absolute Gasteiger partial charge is 0.416 e. The summed E-state index contributed by atoms with van der Waals surface area (Å²) in [6, 6.07) is 11.1. The Labute approximate surface area is 220 Å². The molecule has 2 aliphatic rings. The third-order valence-corrected chi connectivity index (χ3v) is 7.37. The molecule has 2 amide bonds. The van der Waals surface area contributed by atoms with E-state index in [9.17, 15) is 22.8 Å². The molecule has 1 unspecified atom stereocenters. The first-order valence-corrected chi connectivity index (χ1v) is 12.8. The molecule has 1 fully saturated rings. The predicted molar refractivity (Wildman–Crippen MR) is 138 cm³/mol. The van der Waals surface area contributed by atoms with Crippen molar-refractivity contribution >= 4 is 29.1 Å². The lowest BCUT2D eigenvalue weighted by atomic mass is 9.85. The van der Waals surface area contributed by atoms with Gasteiger partial charge in [-0.2, -0.15) is 13.2 Å². The second-order valence-electron chi connectivity index (χ2n) is 9.97. The molecule has 1 atom stereocenters. The van der Waals surface area contributed by atoms with E-state index in [1.807, 2.05) is 30.0 Å². The third-order valence-electron chi connectivity index (χ3n) is 7.14. The van der Waals surface area contributed by atoms with Crippen LogP contribution in [0.2, 0.25) is 5.02 Å². The van der Waals surface area contributed by atoms with Crippen molar-refractivity contribution in [3.63, 3.8) is 0 Å². The Hall–Kier alpha value is -2.78. The van der Waals surface area contributed by atoms with Crippen LogP contribution in [0.15, 0.2) is 42.5 Å². The standard InChI is InChI=1S/C27H32ClF3N4O2/c1-33(2)14-11-32-25(36)17-35-16-22(21-8-7-19(28)15-24(21)35)26(37)34-12-9-18(10-13-34)20-5-3-4-6-23(20)27(29,30)31/h3-8,15,18,22H,9-14,16-17H2,1-2H3,(H,32,36). The number of anilines is 1. The molecule has 0 saturated carbocycles. The summed E-state index contributed by atoms with van der Waals surface area (Å²) in [6.45, 7) is 2.49. The van der Waals surface area contributed by atoms with E-state index in [1.54, 1.807) is 29.2 Å². The molecule has 2 aliphatic heterocycles. The summed E-state index contributed by atoms with van der Waals surface area (Å²) >= 11 is 6.23. The van der Waals surface area contributed by atoms with Crippen LogP contribution >= 0.6 is 11.6 Å². The van der Waals surface area contributed by atoms with Gasteiger partial charge in [-0.3, -0.25) is 9.59 Å². The zero-order valence-electron chi connectivity index (χ0n) is 21.0. The van der Waals surface area contributed by atoms with Crippen molar-refractivity contribution in [3.05, 3.63) is 64.2 Å². The van der Waals surface area contributed by atoms with Gasteiger partial charge in [0, 0.05) is 43.4 Å². The SMILES string of the molecule is CN(C)CCNC(=O)CN1CC(C(=O)N2CCC(c3ccccc3C(F)(F)F)CC2)c2ccc(Cl)cc21. The molecular formula is C27H32ClF3N4O2. The van der Waals surface area contributed by atoms with Gasteiger partial charge in [-0.05, 0) is 62.2 Å². The maximum Gasteiger partial charge on any atom is 0.416 e. The van der Waals surface area contributed by atoms with Crippen molar-refractivity contribution in [2.24, 2.45) is 0 Å². The van der Waals surface area contributed by atoms with Gasteiger partial charge in [0.2, 0.25) is 11.8 Å². The van der Waals surface area contributed by atoms with Crippen molar-refractivity contribution < 1.29 is 22.8 Å². The lowest BCUT2D eigenvalue weighted by molar-refractivity contribution is -0.139. The number of likely N-dealkylation sites (tertiary alicyclic amines) is 1. The van der Waals surface area contributed by atoms with E-state index < -0.39 is 17.7 Å². The fourth-order valence-corrected chi connectivity index (χ4v) is 5.42. The number of likely N-dealkylation sites (N-methyl/N-ethyl adjacent to an activating group) is 1. The second kappa shape index (κ2) is 11.3. The molecule has 0 bridgehead atoms. The number of carbonyl (C=O) groups excluding carboxylic acids is 2. The van der Waals surface area contributed by atoms with Gasteiger partial charge in [0.15, 0.2) is 0 Å². The maximum absolute atomic E-state index is 13.6. The predicted octanol–water partition coefficient (Wildman–Crippen LogP) is 4.35. The van der Waals surface area contributed by atoms with Crippen LogP contribution in [0.25, 0.3) is 0 Å². The van der Waals surface area contributed by atoms with E-state index in [4.69, 9.17) is 11.6 Å². The molecular weight excluding hydrogens is 505 g/mol. The van der Waals surface area contributed by atoms with Gasteiger partial charge in [0.1, 0.15) is 0 Å². The van der Waals surface area contributed by atoms with E-state index in [-0.39, 0.29) is 24.3 Å². The molecule has 1 N–H and O–H groups in total. The maximum atomic E-state index is 13.6. The summed E-state index contributed by atoms with van der Waals surface area (Å²) in [7, 11) is 3.86. The Morgan fingerprint density at radius 3 is 2.46 bits per heavy atom. The van der Waals surface area contributed by atoms with Crippen LogP contribution < -0.4 is 10.2 Å². The average molecular weight is 537 g/mol. The Morgan fingerprint density at radius 2 is 1.78 bits per heavy atom. The number of fused-ring (bicyclic) bond motifs is 1. The highest BCUT2D eigenvalue weighted by atomic mass is 35.5. The monoisotopic (exact) mass is 536 g/mol. The summed E-state index contributed by atoms with van der Waals surface area (Å²) in [6.07, 6.45) is -3.46. The summed E-state index contributed by atoms with van der Waals surface area (Å²) < 4.78 is 40.5. The van der Waals surface area contributed by atoms with E-state index in [0.29, 0.717) is 49.6 Å². The minimum absolute atomic E-state index is 0.0679. The fourth-order valence-electron chi connectivity index (χ4n) is 5.25. The molecule has 4 rings (SSSR count). The summed E-state index contributed by atoms with van der Waals surface area (Å²) in [5.41, 5.74) is 1.29. The Morgan fingerprint density at radius 1 is 1.08 bits per heavy atom. The number of piperidine rings is 1. The molecule has 1 saturated heterocycles. The van der Waals surface area contributed by atoms with Gasteiger partial charge in [0.25, 0.3) is 0 Å². The van der Waals surface area contributed by atoms with Crippen molar-refractivity contribution in [2.75, 3.05) is 58.3 Å². The van der Waals surface area contributed by atoms with Crippen molar-refractivity contribution in [1.82, 2.24) is 15.1 Å². The summed E-state index contributed by atoms with van der Waals surface area (Å²) in [5.74, 6) is -0.911. The van der Waals surface area contributed by atoms with Crippen molar-refractivity contribution in [2.45, 2.75) is 30.9 Å². The number of hydrogen-bond donors (Lipinski definition) is 1. The molecule has 10 heteroatoms. The zero-order valence-corrected chi connectivity index (χ0v) is 21.8. The number of benzene rings is 2. The van der Waals surface area contributed by atoms with Crippen LogP contribution in [-0.4, -0.2) is 75.0 Å². The molecule has 0 aromatic heterocycles. The quantitative estimate of drug-likeness (QED) is 0.572. The van der Waals surface area contributed by atoms with Crippen LogP contribution in [0.3, 0.4) is 0 Å². The normalized spacial score (nSPS) is 18.3. The molecule has 0 radical (unpaired) electrons. The zero-order chi connectivity index (χ0) is 26.7. The molecule has 0 aliphatic carbocycles. The highest BCUT2D eigenvalue weighted by Gasteiger charge is 2.39. The first-order chi connectivity index (χ1) is 17.5. The lowest BCUT2D eigenvalue weighted by Crippen LogP contribution is -2.43. The highest BCUT2D eigenvalue weighted by molar-refractivity contribution is 6.31. The molecule has 2 heterocycles.